The Bertz CT molecular complexity index is 937. The van der Waals surface area contributed by atoms with E-state index >= 15 is 0 Å². The number of benzene rings is 2. The van der Waals surface area contributed by atoms with Crippen LogP contribution in [0.2, 0.25) is 0 Å². The Labute approximate surface area is 186 Å². The highest BCUT2D eigenvalue weighted by atomic mass is 32.2. The van der Waals surface area contributed by atoms with Crippen molar-refractivity contribution in [3.63, 3.8) is 0 Å². The molecule has 0 aliphatic carbocycles. The van der Waals surface area contributed by atoms with Crippen molar-refractivity contribution >= 4 is 15.8 Å². The molecule has 6 nitrogen and oxygen atoms in total. The maximum atomic E-state index is 11.6. The van der Waals surface area contributed by atoms with Crippen LogP contribution >= 0.6 is 0 Å². The number of sulfone groups is 1. The molecule has 1 unspecified atom stereocenters. The van der Waals surface area contributed by atoms with Crippen molar-refractivity contribution in [2.75, 3.05) is 39.0 Å². The van der Waals surface area contributed by atoms with Crippen molar-refractivity contribution < 1.29 is 8.42 Å². The predicted molar refractivity (Wildman–Crippen MR) is 127 cm³/mol. The molecular weight excluding hydrogens is 408 g/mol. The van der Waals surface area contributed by atoms with Crippen LogP contribution in [0.1, 0.15) is 36.9 Å². The second-order valence-electron chi connectivity index (χ2n) is 7.98. The minimum absolute atomic E-state index is 0.294. The Morgan fingerprint density at radius 2 is 1.71 bits per heavy atom. The summed E-state index contributed by atoms with van der Waals surface area (Å²) in [6.45, 7) is 6.56. The normalized spacial score (nSPS) is 16.3. The first-order chi connectivity index (χ1) is 15.0. The molecule has 1 aliphatic rings. The molecule has 2 aromatic carbocycles. The van der Waals surface area contributed by atoms with E-state index in [1.54, 1.807) is 12.1 Å². The predicted octanol–water partition coefficient (Wildman–Crippen LogP) is 3.02. The first-order valence-corrected chi connectivity index (χ1v) is 13.0. The van der Waals surface area contributed by atoms with Gasteiger partial charge in [0.25, 0.3) is 0 Å². The third kappa shape index (κ3) is 7.08. The zero-order chi connectivity index (χ0) is 22.1. The van der Waals surface area contributed by atoms with Gasteiger partial charge in [0, 0.05) is 19.3 Å². The highest BCUT2D eigenvalue weighted by Crippen LogP contribution is 2.25. The maximum absolute atomic E-state index is 11.6. The van der Waals surface area contributed by atoms with Crippen LogP contribution in [0, 0.1) is 0 Å². The maximum Gasteiger partial charge on any atom is 0.191 e. The molecule has 1 atom stereocenters. The lowest BCUT2D eigenvalue weighted by atomic mass is 10.1. The standard InChI is InChI=1S/C24H34N4O2S/c1-3-25-24(26-16-15-20-11-13-22(14-12-20)31(2,29)30)27-19-23(28-17-7-8-18-28)21-9-5-4-6-10-21/h4-6,9-14,23H,3,7-8,15-19H2,1-2H3,(H2,25,26,27). The lowest BCUT2D eigenvalue weighted by molar-refractivity contribution is 0.251. The number of nitrogens with zero attached hydrogens (tertiary/aromatic N) is 2. The Kier molecular flexibility index (Phi) is 8.49. The molecule has 7 heteroatoms. The van der Waals surface area contributed by atoms with Crippen molar-refractivity contribution in [1.82, 2.24) is 15.5 Å². The zero-order valence-electron chi connectivity index (χ0n) is 18.5. The van der Waals surface area contributed by atoms with Crippen LogP contribution < -0.4 is 10.6 Å². The average Bonchev–Trinajstić information content (AvgIpc) is 3.29. The summed E-state index contributed by atoms with van der Waals surface area (Å²) in [6, 6.07) is 18.0. The summed E-state index contributed by atoms with van der Waals surface area (Å²) < 4.78 is 23.2. The van der Waals surface area contributed by atoms with Crippen LogP contribution in [0.4, 0.5) is 0 Å². The lowest BCUT2D eigenvalue weighted by Crippen LogP contribution is -2.39. The van der Waals surface area contributed by atoms with Crippen LogP contribution in [-0.4, -0.2) is 58.3 Å². The Morgan fingerprint density at radius 1 is 1.03 bits per heavy atom. The molecule has 31 heavy (non-hydrogen) atoms. The fraction of sp³-hybridized carbons (Fsp3) is 0.458. The summed E-state index contributed by atoms with van der Waals surface area (Å²) in [7, 11) is -3.16. The molecule has 0 aromatic heterocycles. The summed E-state index contributed by atoms with van der Waals surface area (Å²) in [5.74, 6) is 0.815. The molecule has 2 aromatic rings. The van der Waals surface area contributed by atoms with Gasteiger partial charge in [-0.15, -0.1) is 0 Å². The van der Waals surface area contributed by atoms with Gasteiger partial charge in [0.05, 0.1) is 17.5 Å². The van der Waals surface area contributed by atoms with Gasteiger partial charge in [0.2, 0.25) is 0 Å². The molecule has 2 N–H and O–H groups in total. The molecule has 1 heterocycles. The largest absolute Gasteiger partial charge is 0.357 e. The van der Waals surface area contributed by atoms with E-state index in [9.17, 15) is 8.42 Å². The molecule has 1 aliphatic heterocycles. The molecule has 1 saturated heterocycles. The molecule has 0 amide bonds. The van der Waals surface area contributed by atoms with Crippen molar-refractivity contribution in [2.24, 2.45) is 4.99 Å². The quantitative estimate of drug-likeness (QED) is 0.461. The van der Waals surface area contributed by atoms with E-state index < -0.39 is 9.84 Å². The SMILES string of the molecule is CCNC(=NCC(c1ccccc1)N1CCCC1)NCCc1ccc(S(C)(=O)=O)cc1. The van der Waals surface area contributed by atoms with Gasteiger partial charge in [0.1, 0.15) is 0 Å². The summed E-state index contributed by atoms with van der Waals surface area (Å²) in [5, 5.41) is 6.75. The molecule has 0 radical (unpaired) electrons. The summed E-state index contributed by atoms with van der Waals surface area (Å²) in [5.41, 5.74) is 2.41. The highest BCUT2D eigenvalue weighted by Gasteiger charge is 2.23. The number of guanidine groups is 1. The number of aliphatic imine (C=N–C) groups is 1. The van der Waals surface area contributed by atoms with Gasteiger partial charge in [-0.1, -0.05) is 42.5 Å². The van der Waals surface area contributed by atoms with Crippen molar-refractivity contribution in [2.45, 2.75) is 37.1 Å². The molecule has 3 rings (SSSR count). The van der Waals surface area contributed by atoms with E-state index in [-0.39, 0.29) is 0 Å². The van der Waals surface area contributed by atoms with Crippen molar-refractivity contribution in [3.8, 4) is 0 Å². The van der Waals surface area contributed by atoms with Crippen molar-refractivity contribution in [3.05, 3.63) is 65.7 Å². The minimum Gasteiger partial charge on any atom is -0.357 e. The van der Waals surface area contributed by atoms with Gasteiger partial charge in [-0.2, -0.15) is 0 Å². The van der Waals surface area contributed by atoms with E-state index in [2.05, 4.69) is 52.8 Å². The van der Waals surface area contributed by atoms with Gasteiger partial charge < -0.3 is 10.6 Å². The average molecular weight is 443 g/mol. The minimum atomic E-state index is -3.16. The first kappa shape index (κ1) is 23.3. The van der Waals surface area contributed by atoms with E-state index in [0.717, 1.165) is 44.1 Å². The summed E-state index contributed by atoms with van der Waals surface area (Å²) >= 11 is 0. The van der Waals surface area contributed by atoms with Gasteiger partial charge in [-0.05, 0) is 62.5 Å². The van der Waals surface area contributed by atoms with Crippen molar-refractivity contribution in [1.29, 1.82) is 0 Å². The fourth-order valence-corrected chi connectivity index (χ4v) is 4.54. The number of hydrogen-bond acceptors (Lipinski definition) is 4. The Hall–Kier alpha value is -2.38. The van der Waals surface area contributed by atoms with Gasteiger partial charge >= 0.3 is 0 Å². The van der Waals surface area contributed by atoms with Crippen LogP contribution in [0.3, 0.4) is 0 Å². The number of hydrogen-bond donors (Lipinski definition) is 2. The van der Waals surface area contributed by atoms with Crippen LogP contribution in [0.25, 0.3) is 0 Å². The molecule has 168 valence electrons. The fourth-order valence-electron chi connectivity index (χ4n) is 3.91. The topological polar surface area (TPSA) is 73.8 Å². The number of nitrogens with one attached hydrogen (secondary N) is 2. The van der Waals surface area contributed by atoms with E-state index in [4.69, 9.17) is 4.99 Å². The smallest absolute Gasteiger partial charge is 0.191 e. The van der Waals surface area contributed by atoms with Gasteiger partial charge in [-0.3, -0.25) is 9.89 Å². The Balaban J connectivity index is 1.60. The Morgan fingerprint density at radius 3 is 2.32 bits per heavy atom. The molecule has 0 bridgehead atoms. The summed E-state index contributed by atoms with van der Waals surface area (Å²) in [4.78, 5) is 7.77. The van der Waals surface area contributed by atoms with Gasteiger partial charge in [-0.25, -0.2) is 8.42 Å². The second kappa shape index (κ2) is 11.3. The zero-order valence-corrected chi connectivity index (χ0v) is 19.4. The highest BCUT2D eigenvalue weighted by molar-refractivity contribution is 7.90. The van der Waals surface area contributed by atoms with E-state index in [1.807, 2.05) is 12.1 Å². The first-order valence-electron chi connectivity index (χ1n) is 11.1. The third-order valence-electron chi connectivity index (χ3n) is 5.59. The molecule has 0 saturated carbocycles. The third-order valence-corrected chi connectivity index (χ3v) is 6.72. The number of rotatable bonds is 9. The van der Waals surface area contributed by atoms with Crippen LogP contribution in [-0.2, 0) is 16.3 Å². The second-order valence-corrected chi connectivity index (χ2v) is 10.00. The van der Waals surface area contributed by atoms with Crippen LogP contribution in [0.5, 0.6) is 0 Å². The molecular formula is C24H34N4O2S. The van der Waals surface area contributed by atoms with Crippen LogP contribution in [0.15, 0.2) is 64.5 Å². The number of likely N-dealkylation sites (tertiary alicyclic amines) is 1. The monoisotopic (exact) mass is 442 g/mol. The van der Waals surface area contributed by atoms with E-state index in [0.29, 0.717) is 17.5 Å². The van der Waals surface area contributed by atoms with E-state index in [1.165, 1.54) is 24.7 Å². The molecule has 0 spiro atoms. The summed E-state index contributed by atoms with van der Waals surface area (Å²) in [6.07, 6.45) is 4.53. The van der Waals surface area contributed by atoms with Gasteiger partial charge in [0.15, 0.2) is 15.8 Å². The molecule has 1 fully saturated rings. The lowest BCUT2D eigenvalue weighted by Gasteiger charge is -2.27.